The van der Waals surface area contributed by atoms with Gasteiger partial charge in [0.25, 0.3) is 0 Å². The molecule has 20 heavy (non-hydrogen) atoms. The Bertz CT molecular complexity index is 603. The van der Waals surface area contributed by atoms with Gasteiger partial charge in [0.15, 0.2) is 0 Å². The highest BCUT2D eigenvalue weighted by Gasteiger charge is 2.10. The average molecular weight is 310 g/mol. The van der Waals surface area contributed by atoms with Crippen LogP contribution in [0.3, 0.4) is 0 Å². The van der Waals surface area contributed by atoms with E-state index in [1.165, 1.54) is 0 Å². The summed E-state index contributed by atoms with van der Waals surface area (Å²) in [6.45, 7) is 4.59. The first-order valence-electron chi connectivity index (χ1n) is 6.39. The van der Waals surface area contributed by atoms with Crippen LogP contribution in [0.2, 0.25) is 10.0 Å². The minimum Gasteiger partial charge on any atom is -0.457 e. The third-order valence-electron chi connectivity index (χ3n) is 3.07. The Balaban J connectivity index is 2.37. The quantitative estimate of drug-likeness (QED) is 0.846. The maximum absolute atomic E-state index is 6.22. The maximum atomic E-state index is 6.22. The summed E-state index contributed by atoms with van der Waals surface area (Å²) in [6.07, 6.45) is 0. The molecule has 0 atom stereocenters. The molecule has 0 bridgehead atoms. The molecule has 0 aliphatic carbocycles. The molecule has 0 aliphatic heterocycles. The zero-order valence-corrected chi connectivity index (χ0v) is 13.3. The van der Waals surface area contributed by atoms with Crippen LogP contribution < -0.4 is 10.1 Å². The lowest BCUT2D eigenvalue weighted by molar-refractivity contribution is 0.473. The highest BCUT2D eigenvalue weighted by Crippen LogP contribution is 2.33. The molecule has 0 aromatic heterocycles. The van der Waals surface area contributed by atoms with Gasteiger partial charge in [-0.15, -0.1) is 0 Å². The first kappa shape index (κ1) is 15.2. The summed E-state index contributed by atoms with van der Waals surface area (Å²) >= 11 is 12.4. The van der Waals surface area contributed by atoms with Gasteiger partial charge in [-0.3, -0.25) is 0 Å². The fourth-order valence-electron chi connectivity index (χ4n) is 2.07. The predicted molar refractivity (Wildman–Crippen MR) is 85.2 cm³/mol. The van der Waals surface area contributed by atoms with Crippen molar-refractivity contribution < 1.29 is 4.74 Å². The molecule has 0 fully saturated rings. The van der Waals surface area contributed by atoms with Crippen molar-refractivity contribution >= 4 is 23.2 Å². The lowest BCUT2D eigenvalue weighted by Crippen LogP contribution is -2.07. The summed E-state index contributed by atoms with van der Waals surface area (Å²) in [7, 11) is 1.88. The van der Waals surface area contributed by atoms with Crippen molar-refractivity contribution in [2.75, 3.05) is 7.05 Å². The molecule has 4 heteroatoms. The SMILES string of the molecule is CNCc1c(Cl)cccc1Oc1cc(C)c(Cl)c(C)c1. The Morgan fingerprint density at radius 3 is 2.35 bits per heavy atom. The molecule has 2 rings (SSSR count). The van der Waals surface area contributed by atoms with Crippen LogP contribution in [-0.2, 0) is 6.54 Å². The summed E-state index contributed by atoms with van der Waals surface area (Å²) in [4.78, 5) is 0. The average Bonchev–Trinajstić information content (AvgIpc) is 2.40. The van der Waals surface area contributed by atoms with E-state index in [-0.39, 0.29) is 0 Å². The molecule has 0 saturated carbocycles. The normalized spacial score (nSPS) is 10.7. The number of hydrogen-bond donors (Lipinski definition) is 1. The van der Waals surface area contributed by atoms with Crippen LogP contribution in [0, 0.1) is 13.8 Å². The highest BCUT2D eigenvalue weighted by molar-refractivity contribution is 6.32. The van der Waals surface area contributed by atoms with Crippen molar-refractivity contribution in [2.24, 2.45) is 0 Å². The van der Waals surface area contributed by atoms with E-state index in [9.17, 15) is 0 Å². The summed E-state index contributed by atoms with van der Waals surface area (Å²) in [6, 6.07) is 9.52. The predicted octanol–water partition coefficient (Wildman–Crippen LogP) is 5.12. The number of rotatable bonds is 4. The van der Waals surface area contributed by atoms with Crippen molar-refractivity contribution in [3.05, 3.63) is 57.1 Å². The zero-order valence-electron chi connectivity index (χ0n) is 11.8. The van der Waals surface area contributed by atoms with Crippen molar-refractivity contribution in [3.8, 4) is 11.5 Å². The Morgan fingerprint density at radius 2 is 1.75 bits per heavy atom. The van der Waals surface area contributed by atoms with Crippen LogP contribution in [0.5, 0.6) is 11.5 Å². The highest BCUT2D eigenvalue weighted by atomic mass is 35.5. The molecular weight excluding hydrogens is 293 g/mol. The van der Waals surface area contributed by atoms with E-state index in [2.05, 4.69) is 5.32 Å². The number of ether oxygens (including phenoxy) is 1. The Labute approximate surface area is 129 Å². The van der Waals surface area contributed by atoms with Gasteiger partial charge in [-0.05, 0) is 56.3 Å². The van der Waals surface area contributed by atoms with Crippen LogP contribution in [0.4, 0.5) is 0 Å². The lowest BCUT2D eigenvalue weighted by atomic mass is 10.1. The van der Waals surface area contributed by atoms with E-state index in [4.69, 9.17) is 27.9 Å². The molecule has 2 aromatic carbocycles. The van der Waals surface area contributed by atoms with E-state index in [1.807, 2.05) is 51.2 Å². The van der Waals surface area contributed by atoms with Crippen molar-refractivity contribution in [1.82, 2.24) is 5.32 Å². The Morgan fingerprint density at radius 1 is 1.10 bits per heavy atom. The fourth-order valence-corrected chi connectivity index (χ4v) is 2.42. The van der Waals surface area contributed by atoms with Crippen LogP contribution in [0.15, 0.2) is 30.3 Å². The summed E-state index contributed by atoms with van der Waals surface area (Å²) in [5.41, 5.74) is 2.94. The van der Waals surface area contributed by atoms with E-state index in [0.717, 1.165) is 33.2 Å². The Kier molecular flexibility index (Phi) is 4.92. The van der Waals surface area contributed by atoms with Crippen LogP contribution >= 0.6 is 23.2 Å². The van der Waals surface area contributed by atoms with Gasteiger partial charge < -0.3 is 10.1 Å². The van der Waals surface area contributed by atoms with Gasteiger partial charge in [-0.25, -0.2) is 0 Å². The van der Waals surface area contributed by atoms with Crippen LogP contribution in [0.25, 0.3) is 0 Å². The molecule has 0 heterocycles. The second-order valence-corrected chi connectivity index (χ2v) is 5.51. The molecule has 1 N–H and O–H groups in total. The van der Waals surface area contributed by atoms with E-state index in [1.54, 1.807) is 0 Å². The Hall–Kier alpha value is -1.22. The van der Waals surface area contributed by atoms with E-state index in [0.29, 0.717) is 11.6 Å². The number of benzene rings is 2. The van der Waals surface area contributed by atoms with Gasteiger partial charge in [0.2, 0.25) is 0 Å². The molecule has 0 amide bonds. The van der Waals surface area contributed by atoms with Crippen molar-refractivity contribution in [2.45, 2.75) is 20.4 Å². The lowest BCUT2D eigenvalue weighted by Gasteiger charge is -2.14. The fraction of sp³-hybridized carbons (Fsp3) is 0.250. The molecule has 2 nitrogen and oxygen atoms in total. The minimum absolute atomic E-state index is 0.653. The van der Waals surface area contributed by atoms with Crippen molar-refractivity contribution in [3.63, 3.8) is 0 Å². The molecule has 0 spiro atoms. The van der Waals surface area contributed by atoms with Gasteiger partial charge in [0, 0.05) is 22.2 Å². The first-order valence-corrected chi connectivity index (χ1v) is 7.15. The van der Waals surface area contributed by atoms with Gasteiger partial charge in [0.1, 0.15) is 11.5 Å². The van der Waals surface area contributed by atoms with E-state index < -0.39 is 0 Å². The second-order valence-electron chi connectivity index (χ2n) is 4.72. The van der Waals surface area contributed by atoms with Gasteiger partial charge >= 0.3 is 0 Å². The molecule has 2 aromatic rings. The van der Waals surface area contributed by atoms with Crippen molar-refractivity contribution in [1.29, 1.82) is 0 Å². The van der Waals surface area contributed by atoms with Gasteiger partial charge in [0.05, 0.1) is 0 Å². The van der Waals surface area contributed by atoms with E-state index >= 15 is 0 Å². The maximum Gasteiger partial charge on any atom is 0.133 e. The zero-order chi connectivity index (χ0) is 14.7. The third kappa shape index (κ3) is 3.26. The number of hydrogen-bond acceptors (Lipinski definition) is 2. The van der Waals surface area contributed by atoms with Crippen LogP contribution in [0.1, 0.15) is 16.7 Å². The van der Waals surface area contributed by atoms with Crippen LogP contribution in [-0.4, -0.2) is 7.05 Å². The summed E-state index contributed by atoms with van der Waals surface area (Å²) in [5.74, 6) is 1.52. The molecular formula is C16H17Cl2NO. The minimum atomic E-state index is 0.653. The monoisotopic (exact) mass is 309 g/mol. The molecule has 106 valence electrons. The third-order valence-corrected chi connectivity index (χ3v) is 4.02. The van der Waals surface area contributed by atoms with Gasteiger partial charge in [-0.1, -0.05) is 29.3 Å². The smallest absolute Gasteiger partial charge is 0.133 e. The molecule has 0 saturated heterocycles. The molecule has 0 unspecified atom stereocenters. The first-order chi connectivity index (χ1) is 9.52. The second kappa shape index (κ2) is 6.49. The summed E-state index contributed by atoms with van der Waals surface area (Å²) in [5, 5.41) is 4.57. The number of nitrogens with one attached hydrogen (secondary N) is 1. The largest absolute Gasteiger partial charge is 0.457 e. The summed E-state index contributed by atoms with van der Waals surface area (Å²) < 4.78 is 5.98. The number of aryl methyl sites for hydroxylation is 2. The molecule has 0 aliphatic rings. The standard InChI is InChI=1S/C16H17Cl2NO/c1-10-7-12(8-11(2)16(10)18)20-15-6-4-5-14(17)13(15)9-19-3/h4-8,19H,9H2,1-3H3. The molecule has 0 radical (unpaired) electrons. The van der Waals surface area contributed by atoms with Gasteiger partial charge in [-0.2, -0.15) is 0 Å². The topological polar surface area (TPSA) is 21.3 Å². The number of halogens is 2.